The van der Waals surface area contributed by atoms with Gasteiger partial charge in [0.25, 0.3) is 0 Å². The normalized spacial score (nSPS) is 14.2. The van der Waals surface area contributed by atoms with E-state index in [4.69, 9.17) is 4.74 Å². The van der Waals surface area contributed by atoms with Gasteiger partial charge in [-0.1, -0.05) is 42.4 Å². The second-order valence-electron chi connectivity index (χ2n) is 3.30. The third-order valence-electron chi connectivity index (χ3n) is 1.23. The van der Waals surface area contributed by atoms with Crippen LogP contribution in [0.4, 0.5) is 0 Å². The minimum Gasteiger partial charge on any atom is -0.364 e. The lowest BCUT2D eigenvalue weighted by Crippen LogP contribution is -2.19. The van der Waals surface area contributed by atoms with Gasteiger partial charge in [0.2, 0.25) is 0 Å². The van der Waals surface area contributed by atoms with E-state index >= 15 is 0 Å². The summed E-state index contributed by atoms with van der Waals surface area (Å²) in [5.41, 5.74) is 0.343. The third kappa shape index (κ3) is 6.21. The highest BCUT2D eigenvalue weighted by Gasteiger charge is 2.15. The number of rotatable bonds is 6. The Labute approximate surface area is 84.4 Å². The lowest BCUT2D eigenvalue weighted by Gasteiger charge is -2.22. The predicted molar refractivity (Wildman–Crippen MR) is 60.6 cm³/mol. The van der Waals surface area contributed by atoms with Crippen molar-refractivity contribution in [2.24, 2.45) is 5.92 Å². The quantitative estimate of drug-likeness (QED) is 0.485. The average Bonchev–Trinajstić information content (AvgIpc) is 1.96. The van der Waals surface area contributed by atoms with Gasteiger partial charge in [0, 0.05) is 5.75 Å². The molecule has 74 valence electrons. The second-order valence-corrected chi connectivity index (χ2v) is 6.05. The Bertz CT molecular complexity index is 105. The van der Waals surface area contributed by atoms with Crippen LogP contribution in [-0.4, -0.2) is 17.3 Å². The maximum absolute atomic E-state index is 5.76. The summed E-state index contributed by atoms with van der Waals surface area (Å²) in [5, 5.41) is 0. The van der Waals surface area contributed by atoms with Crippen molar-refractivity contribution < 1.29 is 4.74 Å². The zero-order valence-corrected chi connectivity index (χ0v) is 10.3. The van der Waals surface area contributed by atoms with Crippen molar-refractivity contribution in [1.82, 2.24) is 0 Å². The van der Waals surface area contributed by atoms with Crippen LogP contribution in [0, 0.1) is 5.92 Å². The molecular weight excluding hydrogens is 188 g/mol. The highest BCUT2D eigenvalue weighted by molar-refractivity contribution is 8.76. The van der Waals surface area contributed by atoms with E-state index in [2.05, 4.69) is 34.6 Å². The summed E-state index contributed by atoms with van der Waals surface area (Å²) in [5.74, 6) is 1.74. The molecule has 0 aliphatic carbocycles. The molecule has 0 rings (SSSR count). The fourth-order valence-corrected chi connectivity index (χ4v) is 3.07. The Hall–Kier alpha value is 0.660. The van der Waals surface area contributed by atoms with Crippen LogP contribution >= 0.6 is 21.6 Å². The van der Waals surface area contributed by atoms with Crippen molar-refractivity contribution in [3.8, 4) is 0 Å². The average molecular weight is 208 g/mol. The van der Waals surface area contributed by atoms with Crippen LogP contribution in [0.3, 0.4) is 0 Å². The first-order chi connectivity index (χ1) is 5.57. The molecule has 0 saturated heterocycles. The third-order valence-corrected chi connectivity index (χ3v) is 4.13. The molecule has 0 bridgehead atoms. The van der Waals surface area contributed by atoms with Gasteiger partial charge in [-0.15, -0.1) is 0 Å². The van der Waals surface area contributed by atoms with Crippen LogP contribution < -0.4 is 0 Å². The van der Waals surface area contributed by atoms with Crippen molar-refractivity contribution in [1.29, 1.82) is 0 Å². The van der Waals surface area contributed by atoms with E-state index < -0.39 is 0 Å². The minimum atomic E-state index is 0.336. The first kappa shape index (κ1) is 12.7. The van der Waals surface area contributed by atoms with Crippen LogP contribution in [-0.2, 0) is 4.74 Å². The molecule has 0 aromatic rings. The molecule has 0 radical (unpaired) electrons. The van der Waals surface area contributed by atoms with Crippen molar-refractivity contribution in [3.63, 3.8) is 0 Å². The molecule has 1 unspecified atom stereocenters. The Morgan fingerprint density at radius 1 is 1.17 bits per heavy atom. The Morgan fingerprint density at radius 2 is 1.75 bits per heavy atom. The Balaban J connectivity index is 3.70. The van der Waals surface area contributed by atoms with Crippen molar-refractivity contribution in [3.05, 3.63) is 0 Å². The van der Waals surface area contributed by atoms with Gasteiger partial charge in [0.1, 0.15) is 5.44 Å². The maximum atomic E-state index is 5.76. The van der Waals surface area contributed by atoms with E-state index in [1.54, 1.807) is 0 Å². The van der Waals surface area contributed by atoms with Crippen LogP contribution in [0.1, 0.15) is 34.6 Å². The molecule has 0 aromatic carbocycles. The van der Waals surface area contributed by atoms with Gasteiger partial charge in [-0.05, 0) is 19.8 Å². The van der Waals surface area contributed by atoms with Crippen LogP contribution in [0.25, 0.3) is 0 Å². The van der Waals surface area contributed by atoms with Gasteiger partial charge in [0.05, 0.1) is 6.10 Å². The first-order valence-corrected chi connectivity index (χ1v) is 6.89. The molecule has 0 N–H and O–H groups in total. The van der Waals surface area contributed by atoms with E-state index in [0.717, 1.165) is 5.75 Å². The fraction of sp³-hybridized carbons (Fsp3) is 1.00. The molecular formula is C9H20OS2. The molecule has 0 heterocycles. The predicted octanol–water partition coefficient (Wildman–Crippen LogP) is 3.79. The number of hydrogen-bond acceptors (Lipinski definition) is 3. The van der Waals surface area contributed by atoms with Gasteiger partial charge in [-0.25, -0.2) is 0 Å². The van der Waals surface area contributed by atoms with E-state index in [1.807, 2.05) is 21.6 Å². The first-order valence-electron chi connectivity index (χ1n) is 4.51. The maximum Gasteiger partial charge on any atom is 0.115 e. The zero-order chi connectivity index (χ0) is 9.56. The van der Waals surface area contributed by atoms with Crippen molar-refractivity contribution >= 4 is 21.6 Å². The lowest BCUT2D eigenvalue weighted by molar-refractivity contribution is 0.0369. The zero-order valence-electron chi connectivity index (χ0n) is 8.66. The molecule has 0 aromatic heterocycles. The number of ether oxygens (including phenoxy) is 1. The molecule has 1 nitrogen and oxygen atoms in total. The topological polar surface area (TPSA) is 9.23 Å². The molecule has 0 fully saturated rings. The van der Waals surface area contributed by atoms with Crippen molar-refractivity contribution in [2.45, 2.75) is 46.2 Å². The molecule has 0 aliphatic rings. The van der Waals surface area contributed by atoms with Gasteiger partial charge in [-0.3, -0.25) is 0 Å². The SMILES string of the molecule is CCSSC(OC(C)C)C(C)C. The van der Waals surface area contributed by atoms with E-state index in [9.17, 15) is 0 Å². The van der Waals surface area contributed by atoms with E-state index in [0.29, 0.717) is 17.5 Å². The highest BCUT2D eigenvalue weighted by Crippen LogP contribution is 2.32. The molecule has 1 atom stereocenters. The largest absolute Gasteiger partial charge is 0.364 e. The second kappa shape index (κ2) is 7.10. The summed E-state index contributed by atoms with van der Waals surface area (Å²) in [6.45, 7) is 10.8. The summed E-state index contributed by atoms with van der Waals surface area (Å²) in [6.07, 6.45) is 0.336. The van der Waals surface area contributed by atoms with Gasteiger partial charge >= 0.3 is 0 Å². The highest BCUT2D eigenvalue weighted by atomic mass is 33.1. The van der Waals surface area contributed by atoms with E-state index in [-0.39, 0.29) is 0 Å². The Kier molecular flexibility index (Phi) is 7.49. The minimum absolute atomic E-state index is 0.336. The number of hydrogen-bond donors (Lipinski definition) is 0. The molecule has 0 amide bonds. The molecule has 12 heavy (non-hydrogen) atoms. The monoisotopic (exact) mass is 208 g/mol. The van der Waals surface area contributed by atoms with Crippen LogP contribution in [0.15, 0.2) is 0 Å². The molecule has 0 spiro atoms. The summed E-state index contributed by atoms with van der Waals surface area (Å²) >= 11 is 0. The van der Waals surface area contributed by atoms with Crippen LogP contribution in [0.2, 0.25) is 0 Å². The van der Waals surface area contributed by atoms with Gasteiger partial charge in [-0.2, -0.15) is 0 Å². The van der Waals surface area contributed by atoms with Crippen LogP contribution in [0.5, 0.6) is 0 Å². The van der Waals surface area contributed by atoms with Gasteiger partial charge < -0.3 is 4.74 Å². The standard InChI is InChI=1S/C9H20OS2/c1-6-11-12-9(7(2)3)10-8(4)5/h7-9H,6H2,1-5H3. The summed E-state index contributed by atoms with van der Waals surface area (Å²) in [4.78, 5) is 0. The Morgan fingerprint density at radius 3 is 2.08 bits per heavy atom. The fourth-order valence-electron chi connectivity index (χ4n) is 0.694. The van der Waals surface area contributed by atoms with Gasteiger partial charge in [0.15, 0.2) is 0 Å². The molecule has 0 saturated carbocycles. The molecule has 3 heteroatoms. The summed E-state index contributed by atoms with van der Waals surface area (Å²) in [7, 11) is 3.73. The smallest absolute Gasteiger partial charge is 0.115 e. The summed E-state index contributed by atoms with van der Waals surface area (Å²) in [6, 6.07) is 0. The lowest BCUT2D eigenvalue weighted by atomic mass is 10.2. The van der Waals surface area contributed by atoms with E-state index in [1.165, 1.54) is 0 Å². The van der Waals surface area contributed by atoms with Crippen molar-refractivity contribution in [2.75, 3.05) is 5.75 Å². The molecule has 0 aliphatic heterocycles. The summed E-state index contributed by atoms with van der Waals surface area (Å²) < 4.78 is 5.76.